The highest BCUT2D eigenvalue weighted by atomic mass is 16.5. The number of likely N-dealkylation sites (tertiary alicyclic amines) is 1. The Kier molecular flexibility index (Phi) is 6.07. The molecule has 1 saturated heterocycles. The van der Waals surface area contributed by atoms with Crippen molar-refractivity contribution < 1.29 is 14.3 Å². The number of nitrogens with zero attached hydrogens (tertiary/aromatic N) is 1. The SMILES string of the molecule is Cc1ccc(C(=O)N2CCC[C@@H](COc3cccc(C(=O)NC4CC4)c3)C2)c(C)c1. The molecule has 0 spiro atoms. The lowest BCUT2D eigenvalue weighted by Gasteiger charge is -2.33. The van der Waals surface area contributed by atoms with Crippen LogP contribution in [0.2, 0.25) is 0 Å². The molecule has 0 aromatic heterocycles. The number of carbonyl (C=O) groups is 2. The van der Waals surface area contributed by atoms with Gasteiger partial charge in [0.15, 0.2) is 0 Å². The van der Waals surface area contributed by atoms with Gasteiger partial charge in [-0.3, -0.25) is 9.59 Å². The molecule has 158 valence electrons. The van der Waals surface area contributed by atoms with Gasteiger partial charge in [0.05, 0.1) is 6.61 Å². The molecule has 1 N–H and O–H groups in total. The molecular formula is C25H30N2O3. The van der Waals surface area contributed by atoms with Gasteiger partial charge in [-0.15, -0.1) is 0 Å². The standard InChI is InChI=1S/C25H30N2O3/c1-17-8-11-23(18(2)13-17)25(29)27-12-4-5-19(15-27)16-30-22-7-3-6-20(14-22)24(28)26-21-9-10-21/h3,6-8,11,13-14,19,21H,4-5,9-10,12,15-16H2,1-2H3,(H,26,28)/t19-/m1/s1. The van der Waals surface area contributed by atoms with Crippen LogP contribution in [0.15, 0.2) is 42.5 Å². The minimum atomic E-state index is -0.0362. The van der Waals surface area contributed by atoms with Crippen LogP contribution in [0.25, 0.3) is 0 Å². The van der Waals surface area contributed by atoms with Crippen LogP contribution in [0.1, 0.15) is 57.5 Å². The molecule has 0 unspecified atom stereocenters. The second kappa shape index (κ2) is 8.90. The van der Waals surface area contributed by atoms with Crippen molar-refractivity contribution in [3.05, 3.63) is 64.7 Å². The van der Waals surface area contributed by atoms with Crippen molar-refractivity contribution in [3.8, 4) is 5.75 Å². The minimum Gasteiger partial charge on any atom is -0.493 e. The summed E-state index contributed by atoms with van der Waals surface area (Å²) in [6, 6.07) is 13.7. The smallest absolute Gasteiger partial charge is 0.254 e. The van der Waals surface area contributed by atoms with E-state index < -0.39 is 0 Å². The number of benzene rings is 2. The zero-order chi connectivity index (χ0) is 21.1. The quantitative estimate of drug-likeness (QED) is 0.785. The van der Waals surface area contributed by atoms with Gasteiger partial charge < -0.3 is 15.0 Å². The van der Waals surface area contributed by atoms with Gasteiger partial charge in [-0.1, -0.05) is 23.8 Å². The Bertz CT molecular complexity index is 936. The molecule has 1 atom stereocenters. The molecule has 4 rings (SSSR count). The van der Waals surface area contributed by atoms with Crippen molar-refractivity contribution in [2.24, 2.45) is 5.92 Å². The van der Waals surface area contributed by atoms with E-state index in [0.29, 0.717) is 30.5 Å². The highest BCUT2D eigenvalue weighted by molar-refractivity contribution is 5.96. The Morgan fingerprint density at radius 2 is 1.93 bits per heavy atom. The van der Waals surface area contributed by atoms with Crippen molar-refractivity contribution in [1.82, 2.24) is 10.2 Å². The Hall–Kier alpha value is -2.82. The Labute approximate surface area is 178 Å². The number of ether oxygens (including phenoxy) is 1. The van der Waals surface area contributed by atoms with Crippen molar-refractivity contribution in [2.75, 3.05) is 19.7 Å². The second-order valence-corrected chi connectivity index (χ2v) is 8.66. The fourth-order valence-electron chi connectivity index (χ4n) is 4.05. The summed E-state index contributed by atoms with van der Waals surface area (Å²) in [6.07, 6.45) is 4.16. The van der Waals surface area contributed by atoms with Crippen LogP contribution in [0, 0.1) is 19.8 Å². The lowest BCUT2D eigenvalue weighted by molar-refractivity contribution is 0.0632. The van der Waals surface area contributed by atoms with Gasteiger partial charge >= 0.3 is 0 Å². The molecule has 0 radical (unpaired) electrons. The van der Waals surface area contributed by atoms with E-state index in [0.717, 1.165) is 43.4 Å². The van der Waals surface area contributed by atoms with E-state index in [-0.39, 0.29) is 17.7 Å². The minimum absolute atomic E-state index is 0.0362. The molecule has 2 aromatic carbocycles. The summed E-state index contributed by atoms with van der Waals surface area (Å²) in [5.41, 5.74) is 3.62. The lowest BCUT2D eigenvalue weighted by Crippen LogP contribution is -2.41. The molecule has 2 aliphatic rings. The van der Waals surface area contributed by atoms with Gasteiger partial charge in [0.1, 0.15) is 5.75 Å². The number of nitrogens with one attached hydrogen (secondary N) is 1. The maximum atomic E-state index is 13.0. The molecule has 1 aliphatic carbocycles. The van der Waals surface area contributed by atoms with Crippen LogP contribution in [-0.2, 0) is 0 Å². The molecule has 1 saturated carbocycles. The summed E-state index contributed by atoms with van der Waals surface area (Å²) in [7, 11) is 0. The maximum Gasteiger partial charge on any atom is 0.254 e. The van der Waals surface area contributed by atoms with E-state index in [4.69, 9.17) is 4.74 Å². The van der Waals surface area contributed by atoms with Gasteiger partial charge in [-0.25, -0.2) is 0 Å². The third kappa shape index (κ3) is 5.02. The van der Waals surface area contributed by atoms with E-state index in [2.05, 4.69) is 11.4 Å². The van der Waals surface area contributed by atoms with Gasteiger partial charge in [-0.05, 0) is 69.4 Å². The van der Waals surface area contributed by atoms with Crippen molar-refractivity contribution >= 4 is 11.8 Å². The topological polar surface area (TPSA) is 58.6 Å². The first-order valence-electron chi connectivity index (χ1n) is 10.9. The number of hydrogen-bond donors (Lipinski definition) is 1. The van der Waals surface area contributed by atoms with Crippen LogP contribution in [0.4, 0.5) is 0 Å². The molecule has 1 heterocycles. The van der Waals surface area contributed by atoms with Crippen LogP contribution in [0.3, 0.4) is 0 Å². The molecule has 0 bridgehead atoms. The number of aryl methyl sites for hydroxylation is 2. The summed E-state index contributed by atoms with van der Waals surface area (Å²) in [5.74, 6) is 1.07. The predicted molar refractivity (Wildman–Crippen MR) is 117 cm³/mol. The normalized spacial score (nSPS) is 18.7. The Balaban J connectivity index is 1.34. The van der Waals surface area contributed by atoms with Crippen LogP contribution < -0.4 is 10.1 Å². The summed E-state index contributed by atoms with van der Waals surface area (Å²) in [4.78, 5) is 27.2. The van der Waals surface area contributed by atoms with E-state index in [1.165, 1.54) is 5.56 Å². The molecule has 2 aromatic rings. The van der Waals surface area contributed by atoms with Crippen LogP contribution in [0.5, 0.6) is 5.75 Å². The number of rotatable bonds is 6. The van der Waals surface area contributed by atoms with Gasteiger partial charge in [0.2, 0.25) is 0 Å². The first kappa shape index (κ1) is 20.5. The van der Waals surface area contributed by atoms with Crippen molar-refractivity contribution in [2.45, 2.75) is 45.6 Å². The highest BCUT2D eigenvalue weighted by Crippen LogP contribution is 2.23. The molecule has 2 amide bonds. The number of carbonyl (C=O) groups excluding carboxylic acids is 2. The van der Waals surface area contributed by atoms with Crippen molar-refractivity contribution in [1.29, 1.82) is 0 Å². The number of piperidine rings is 1. The zero-order valence-electron chi connectivity index (χ0n) is 17.8. The van der Waals surface area contributed by atoms with E-state index >= 15 is 0 Å². The van der Waals surface area contributed by atoms with Crippen LogP contribution >= 0.6 is 0 Å². The van der Waals surface area contributed by atoms with E-state index in [1.807, 2.05) is 49.1 Å². The molecular weight excluding hydrogens is 376 g/mol. The number of amides is 2. The Morgan fingerprint density at radius 3 is 2.70 bits per heavy atom. The summed E-state index contributed by atoms with van der Waals surface area (Å²) in [6.45, 7) is 6.08. The largest absolute Gasteiger partial charge is 0.493 e. The fourth-order valence-corrected chi connectivity index (χ4v) is 4.05. The Morgan fingerprint density at radius 1 is 1.10 bits per heavy atom. The summed E-state index contributed by atoms with van der Waals surface area (Å²) >= 11 is 0. The van der Waals surface area contributed by atoms with Gasteiger partial charge in [0, 0.05) is 36.2 Å². The fraction of sp³-hybridized carbons (Fsp3) is 0.440. The van der Waals surface area contributed by atoms with E-state index in [9.17, 15) is 9.59 Å². The first-order valence-corrected chi connectivity index (χ1v) is 10.9. The van der Waals surface area contributed by atoms with Gasteiger partial charge in [0.25, 0.3) is 11.8 Å². The monoisotopic (exact) mass is 406 g/mol. The van der Waals surface area contributed by atoms with E-state index in [1.54, 1.807) is 6.07 Å². The lowest BCUT2D eigenvalue weighted by atomic mass is 9.97. The first-order chi connectivity index (χ1) is 14.5. The zero-order valence-corrected chi connectivity index (χ0v) is 17.8. The average molecular weight is 407 g/mol. The number of hydrogen-bond acceptors (Lipinski definition) is 3. The maximum absolute atomic E-state index is 13.0. The molecule has 2 fully saturated rings. The third-order valence-corrected chi connectivity index (χ3v) is 5.91. The second-order valence-electron chi connectivity index (χ2n) is 8.66. The predicted octanol–water partition coefficient (Wildman–Crippen LogP) is 4.13. The average Bonchev–Trinajstić information content (AvgIpc) is 3.56. The highest BCUT2D eigenvalue weighted by Gasteiger charge is 2.26. The molecule has 5 heteroatoms. The van der Waals surface area contributed by atoms with Crippen LogP contribution in [-0.4, -0.2) is 42.5 Å². The molecule has 1 aliphatic heterocycles. The summed E-state index contributed by atoms with van der Waals surface area (Å²) < 4.78 is 6.01. The van der Waals surface area contributed by atoms with Gasteiger partial charge in [-0.2, -0.15) is 0 Å². The van der Waals surface area contributed by atoms with Crippen molar-refractivity contribution in [3.63, 3.8) is 0 Å². The molecule has 5 nitrogen and oxygen atoms in total. The summed E-state index contributed by atoms with van der Waals surface area (Å²) in [5, 5.41) is 3.01. The molecule has 30 heavy (non-hydrogen) atoms. The third-order valence-electron chi connectivity index (χ3n) is 5.91.